The molecule has 0 atom stereocenters. The van der Waals surface area contributed by atoms with Gasteiger partial charge in [-0.25, -0.2) is 8.78 Å². The Morgan fingerprint density at radius 2 is 1.66 bits per heavy atom. The molecule has 1 aliphatic rings. The van der Waals surface area contributed by atoms with Crippen molar-refractivity contribution >= 4 is 0 Å². The first-order chi connectivity index (χ1) is 14.0. The fourth-order valence-corrected chi connectivity index (χ4v) is 2.89. The molecule has 29 heavy (non-hydrogen) atoms. The van der Waals surface area contributed by atoms with Gasteiger partial charge in [-0.1, -0.05) is 24.3 Å². The molecule has 0 amide bonds. The first kappa shape index (κ1) is 21.3. The van der Waals surface area contributed by atoms with E-state index in [0.29, 0.717) is 32.0 Å². The van der Waals surface area contributed by atoms with Gasteiger partial charge >= 0.3 is 6.08 Å². The number of hydrogen-bond donors (Lipinski definition) is 0. The highest BCUT2D eigenvalue weighted by Gasteiger charge is 2.23. The van der Waals surface area contributed by atoms with Crippen LogP contribution < -0.4 is 4.74 Å². The van der Waals surface area contributed by atoms with E-state index in [1.807, 2.05) is 6.92 Å². The van der Waals surface area contributed by atoms with Crippen LogP contribution in [0, 0.1) is 17.6 Å². The Balaban J connectivity index is 1.68. The second-order valence-corrected chi connectivity index (χ2v) is 6.44. The lowest BCUT2D eigenvalue weighted by atomic mass is 10.0. The highest BCUT2D eigenvalue weighted by atomic mass is 19.3. The van der Waals surface area contributed by atoms with Gasteiger partial charge < -0.3 is 18.9 Å². The van der Waals surface area contributed by atoms with Crippen LogP contribution in [-0.2, 0) is 14.2 Å². The van der Waals surface area contributed by atoms with Crippen molar-refractivity contribution in [2.75, 3.05) is 26.4 Å². The summed E-state index contributed by atoms with van der Waals surface area (Å²) in [7, 11) is 0. The Morgan fingerprint density at radius 1 is 1.03 bits per heavy atom. The summed E-state index contributed by atoms with van der Waals surface area (Å²) in [4.78, 5) is 0. The average Bonchev–Trinajstić information content (AvgIpc) is 2.72. The van der Waals surface area contributed by atoms with E-state index in [1.165, 1.54) is 0 Å². The summed E-state index contributed by atoms with van der Waals surface area (Å²) in [5.74, 6) is -2.87. The summed E-state index contributed by atoms with van der Waals surface area (Å²) in [6.45, 7) is 4.16. The van der Waals surface area contributed by atoms with Crippen LogP contribution in [-0.4, -0.2) is 26.4 Å². The lowest BCUT2D eigenvalue weighted by molar-refractivity contribution is -0.211. The van der Waals surface area contributed by atoms with Crippen molar-refractivity contribution in [2.24, 2.45) is 5.92 Å². The largest absolute Gasteiger partial charge is 0.453 e. The van der Waals surface area contributed by atoms with Gasteiger partial charge in [0.1, 0.15) is 0 Å². The molecule has 0 saturated carbocycles. The Kier molecular flexibility index (Phi) is 7.24. The Bertz CT molecular complexity index is 819. The molecule has 3 rings (SSSR count). The first-order valence-electron chi connectivity index (χ1n) is 9.06. The molecule has 1 fully saturated rings. The number of ether oxygens (including phenoxy) is 4. The molecule has 0 radical (unpaired) electrons. The number of rotatable bonds is 7. The van der Waals surface area contributed by atoms with Crippen molar-refractivity contribution in [1.82, 2.24) is 0 Å². The topological polar surface area (TPSA) is 36.9 Å². The molecule has 156 valence electrons. The lowest BCUT2D eigenvalue weighted by Crippen LogP contribution is -2.30. The average molecular weight is 412 g/mol. The standard InChI is InChI=1S/C21H20F4O4/c1-2-26-9-13-10-28-21(29-11-13)15-5-3-14(4-6-15)16-7-17(22)20(18(23)8-16)27-12-19(24)25/h3-8,12-13,21H,2,9-11H2,1H3. The molecule has 0 N–H and O–H groups in total. The first-order valence-corrected chi connectivity index (χ1v) is 9.06. The van der Waals surface area contributed by atoms with E-state index >= 15 is 0 Å². The minimum absolute atomic E-state index is 0.0148. The van der Waals surface area contributed by atoms with Gasteiger partial charge in [-0.3, -0.25) is 0 Å². The van der Waals surface area contributed by atoms with Crippen LogP contribution >= 0.6 is 0 Å². The van der Waals surface area contributed by atoms with Gasteiger partial charge in [0.05, 0.1) is 19.8 Å². The van der Waals surface area contributed by atoms with E-state index in [2.05, 4.69) is 4.74 Å². The molecule has 8 heteroatoms. The van der Waals surface area contributed by atoms with Crippen molar-refractivity contribution in [3.8, 4) is 16.9 Å². The lowest BCUT2D eigenvalue weighted by Gasteiger charge is -2.29. The number of hydrogen-bond acceptors (Lipinski definition) is 4. The SMILES string of the molecule is CCOCC1COC(c2ccc(-c3cc(F)c(OC=C(F)F)c(F)c3)cc2)OC1. The molecule has 1 heterocycles. The highest BCUT2D eigenvalue weighted by molar-refractivity contribution is 5.65. The molecule has 0 bridgehead atoms. The summed E-state index contributed by atoms with van der Waals surface area (Å²) >= 11 is 0. The van der Waals surface area contributed by atoms with Gasteiger partial charge in [0.15, 0.2) is 29.9 Å². The van der Waals surface area contributed by atoms with E-state index in [0.717, 1.165) is 17.7 Å². The third-order valence-corrected chi connectivity index (χ3v) is 4.30. The van der Waals surface area contributed by atoms with Crippen LogP contribution in [0.25, 0.3) is 11.1 Å². The van der Waals surface area contributed by atoms with Gasteiger partial charge in [0, 0.05) is 18.1 Å². The maximum Gasteiger partial charge on any atom is 0.305 e. The zero-order chi connectivity index (χ0) is 20.8. The van der Waals surface area contributed by atoms with Gasteiger partial charge in [-0.2, -0.15) is 8.78 Å². The maximum atomic E-state index is 14.1. The van der Waals surface area contributed by atoms with Crippen molar-refractivity contribution in [3.63, 3.8) is 0 Å². The third-order valence-electron chi connectivity index (χ3n) is 4.30. The molecule has 1 saturated heterocycles. The molecular formula is C21H20F4O4. The Labute approximate surface area is 165 Å². The van der Waals surface area contributed by atoms with E-state index in [4.69, 9.17) is 14.2 Å². The van der Waals surface area contributed by atoms with Crippen LogP contribution in [0.4, 0.5) is 17.6 Å². The summed E-state index contributed by atoms with van der Waals surface area (Å²) < 4.78 is 73.4. The monoisotopic (exact) mass is 412 g/mol. The van der Waals surface area contributed by atoms with Crippen molar-refractivity contribution in [2.45, 2.75) is 13.2 Å². The van der Waals surface area contributed by atoms with E-state index in [1.54, 1.807) is 24.3 Å². The van der Waals surface area contributed by atoms with Crippen LogP contribution in [0.5, 0.6) is 5.75 Å². The Hall–Kier alpha value is -2.42. The van der Waals surface area contributed by atoms with Crippen LogP contribution in [0.3, 0.4) is 0 Å². The third kappa shape index (κ3) is 5.56. The molecule has 0 aliphatic carbocycles. The predicted molar refractivity (Wildman–Crippen MR) is 97.3 cm³/mol. The fourth-order valence-electron chi connectivity index (χ4n) is 2.89. The second kappa shape index (κ2) is 9.87. The van der Waals surface area contributed by atoms with Crippen molar-refractivity contribution in [1.29, 1.82) is 0 Å². The fraction of sp³-hybridized carbons (Fsp3) is 0.333. The van der Waals surface area contributed by atoms with Crippen LogP contribution in [0.1, 0.15) is 18.8 Å². The summed E-state index contributed by atoms with van der Waals surface area (Å²) in [6.07, 6.45) is -2.73. The highest BCUT2D eigenvalue weighted by Crippen LogP contribution is 2.31. The van der Waals surface area contributed by atoms with Gasteiger partial charge in [-0.05, 0) is 30.2 Å². The second-order valence-electron chi connectivity index (χ2n) is 6.44. The molecule has 1 aliphatic heterocycles. The van der Waals surface area contributed by atoms with E-state index < -0.39 is 29.8 Å². The molecule has 2 aromatic carbocycles. The smallest absolute Gasteiger partial charge is 0.305 e. The quantitative estimate of drug-likeness (QED) is 0.448. The van der Waals surface area contributed by atoms with E-state index in [9.17, 15) is 17.6 Å². The van der Waals surface area contributed by atoms with Crippen molar-refractivity contribution < 1.29 is 36.5 Å². The maximum absolute atomic E-state index is 14.1. The van der Waals surface area contributed by atoms with Gasteiger partial charge in [0.25, 0.3) is 0 Å². The summed E-state index contributed by atoms with van der Waals surface area (Å²) in [5, 5.41) is 0. The zero-order valence-corrected chi connectivity index (χ0v) is 15.7. The molecule has 2 aromatic rings. The number of halogens is 4. The van der Waals surface area contributed by atoms with Crippen LogP contribution in [0.15, 0.2) is 48.7 Å². The zero-order valence-electron chi connectivity index (χ0n) is 15.7. The van der Waals surface area contributed by atoms with Crippen molar-refractivity contribution in [3.05, 3.63) is 65.9 Å². The Morgan fingerprint density at radius 3 is 2.21 bits per heavy atom. The summed E-state index contributed by atoms with van der Waals surface area (Å²) in [6, 6.07) is 8.86. The van der Waals surface area contributed by atoms with Gasteiger partial charge in [-0.15, -0.1) is 0 Å². The van der Waals surface area contributed by atoms with Crippen LogP contribution in [0.2, 0.25) is 0 Å². The molecule has 0 unspecified atom stereocenters. The molecule has 0 aromatic heterocycles. The minimum Gasteiger partial charge on any atom is -0.453 e. The molecular weight excluding hydrogens is 392 g/mol. The van der Waals surface area contributed by atoms with Gasteiger partial charge in [0.2, 0.25) is 0 Å². The normalized spacial score (nSPS) is 19.1. The minimum atomic E-state index is -2.19. The summed E-state index contributed by atoms with van der Waals surface area (Å²) in [5.41, 5.74) is 1.55. The predicted octanol–water partition coefficient (Wildman–Crippen LogP) is 5.45. The molecule has 4 nitrogen and oxygen atoms in total. The van der Waals surface area contributed by atoms with E-state index in [-0.39, 0.29) is 17.7 Å². The molecule has 0 spiro atoms. The number of benzene rings is 2.